The molecule has 0 fully saturated rings. The first kappa shape index (κ1) is 20.6. The number of benzene rings is 2. The highest BCUT2D eigenvalue weighted by Gasteiger charge is 2.11. The van der Waals surface area contributed by atoms with Crippen molar-refractivity contribution in [1.82, 2.24) is 5.32 Å². The molecule has 0 bridgehead atoms. The Hall–Kier alpha value is -2.67. The van der Waals surface area contributed by atoms with Gasteiger partial charge in [-0.15, -0.1) is 11.8 Å². The zero-order chi connectivity index (χ0) is 19.6. The van der Waals surface area contributed by atoms with E-state index in [1.807, 2.05) is 0 Å². The number of hydrogen-bond donors (Lipinski definition) is 1. The Morgan fingerprint density at radius 2 is 1.78 bits per heavy atom. The van der Waals surface area contributed by atoms with E-state index in [1.54, 1.807) is 42.5 Å². The zero-order valence-electron chi connectivity index (χ0n) is 14.9. The molecule has 2 rings (SSSR count). The highest BCUT2D eigenvalue weighted by Crippen LogP contribution is 2.21. The normalized spacial score (nSPS) is 10.3. The molecule has 0 atom stereocenters. The maximum atomic E-state index is 13.5. The topological polar surface area (TPSA) is 72.5 Å². The fourth-order valence-corrected chi connectivity index (χ4v) is 2.95. The SMILES string of the molecule is CC(=O)NCCc1ccc(C(=O)COC(=O)CSc2ccccc2F)cc1. The molecule has 0 aliphatic heterocycles. The number of thioether (sulfide) groups is 1. The van der Waals surface area contributed by atoms with Crippen LogP contribution in [0.1, 0.15) is 22.8 Å². The van der Waals surface area contributed by atoms with Gasteiger partial charge in [0, 0.05) is 23.9 Å². The van der Waals surface area contributed by atoms with Gasteiger partial charge in [0.05, 0.1) is 5.75 Å². The summed E-state index contributed by atoms with van der Waals surface area (Å²) in [6.07, 6.45) is 0.663. The van der Waals surface area contributed by atoms with Crippen LogP contribution in [-0.4, -0.2) is 36.6 Å². The number of Topliss-reactive ketones (excluding diaryl/α,β-unsaturated/α-hetero) is 1. The fourth-order valence-electron chi connectivity index (χ4n) is 2.21. The van der Waals surface area contributed by atoms with E-state index in [4.69, 9.17) is 4.74 Å². The van der Waals surface area contributed by atoms with E-state index >= 15 is 0 Å². The van der Waals surface area contributed by atoms with Crippen LogP contribution >= 0.6 is 11.8 Å². The number of carbonyl (C=O) groups is 3. The highest BCUT2D eigenvalue weighted by atomic mass is 32.2. The minimum absolute atomic E-state index is 0.0731. The number of ether oxygens (including phenoxy) is 1. The van der Waals surface area contributed by atoms with Gasteiger partial charge in [0.25, 0.3) is 0 Å². The molecule has 0 radical (unpaired) electrons. The molecular weight excluding hydrogens is 369 g/mol. The van der Waals surface area contributed by atoms with Gasteiger partial charge in [-0.05, 0) is 24.1 Å². The second-order valence-electron chi connectivity index (χ2n) is 5.73. The Balaban J connectivity index is 1.75. The third-order valence-electron chi connectivity index (χ3n) is 3.61. The predicted molar refractivity (Wildman–Crippen MR) is 101 cm³/mol. The monoisotopic (exact) mass is 389 g/mol. The number of ketones is 1. The molecule has 7 heteroatoms. The molecule has 0 aromatic heterocycles. The summed E-state index contributed by atoms with van der Waals surface area (Å²) in [6, 6.07) is 13.1. The van der Waals surface area contributed by atoms with Crippen LogP contribution in [-0.2, 0) is 20.7 Å². The van der Waals surface area contributed by atoms with Crippen LogP contribution in [0.15, 0.2) is 53.4 Å². The summed E-state index contributed by atoms with van der Waals surface area (Å²) >= 11 is 1.02. The number of rotatable bonds is 9. The van der Waals surface area contributed by atoms with Crippen LogP contribution in [0.3, 0.4) is 0 Å². The van der Waals surface area contributed by atoms with Crippen molar-refractivity contribution >= 4 is 29.4 Å². The maximum absolute atomic E-state index is 13.5. The van der Waals surface area contributed by atoms with Crippen molar-refractivity contribution in [3.8, 4) is 0 Å². The van der Waals surface area contributed by atoms with E-state index in [0.717, 1.165) is 17.3 Å². The summed E-state index contributed by atoms with van der Waals surface area (Å²) < 4.78 is 18.4. The number of amides is 1. The molecule has 1 amide bonds. The Bertz CT molecular complexity index is 808. The summed E-state index contributed by atoms with van der Waals surface area (Å²) in [5.74, 6) is -1.45. The molecule has 0 aliphatic rings. The lowest BCUT2D eigenvalue weighted by Gasteiger charge is -2.06. The summed E-state index contributed by atoms with van der Waals surface area (Å²) in [7, 11) is 0. The third-order valence-corrected chi connectivity index (χ3v) is 4.63. The van der Waals surface area contributed by atoms with Gasteiger partial charge in [-0.2, -0.15) is 0 Å². The second kappa shape index (κ2) is 10.5. The molecule has 0 spiro atoms. The predicted octanol–water partition coefficient (Wildman–Crippen LogP) is 3.02. The van der Waals surface area contributed by atoms with Crippen molar-refractivity contribution < 1.29 is 23.5 Å². The number of halogens is 1. The molecule has 0 saturated heterocycles. The Labute approximate surface area is 161 Å². The molecule has 27 heavy (non-hydrogen) atoms. The van der Waals surface area contributed by atoms with Gasteiger partial charge in [-0.1, -0.05) is 36.4 Å². The average Bonchev–Trinajstić information content (AvgIpc) is 2.65. The molecule has 2 aromatic rings. The number of esters is 1. The van der Waals surface area contributed by atoms with Crippen LogP contribution in [0, 0.1) is 5.82 Å². The lowest BCUT2D eigenvalue weighted by Crippen LogP contribution is -2.22. The Kier molecular flexibility index (Phi) is 8.00. The minimum Gasteiger partial charge on any atom is -0.457 e. The lowest BCUT2D eigenvalue weighted by molar-refractivity contribution is -0.139. The van der Waals surface area contributed by atoms with Crippen molar-refractivity contribution in [1.29, 1.82) is 0 Å². The molecule has 2 aromatic carbocycles. The molecule has 0 unspecified atom stereocenters. The third kappa shape index (κ3) is 7.22. The van der Waals surface area contributed by atoms with Crippen molar-refractivity contribution in [2.45, 2.75) is 18.2 Å². The van der Waals surface area contributed by atoms with E-state index < -0.39 is 11.8 Å². The Morgan fingerprint density at radius 3 is 2.44 bits per heavy atom. The van der Waals surface area contributed by atoms with Crippen LogP contribution in [0.4, 0.5) is 4.39 Å². The molecule has 0 heterocycles. The Morgan fingerprint density at radius 1 is 1.07 bits per heavy atom. The van der Waals surface area contributed by atoms with Crippen molar-refractivity contribution in [3.05, 3.63) is 65.5 Å². The molecule has 0 saturated carbocycles. The molecule has 1 N–H and O–H groups in total. The van der Waals surface area contributed by atoms with Gasteiger partial charge in [0.1, 0.15) is 5.82 Å². The summed E-state index contributed by atoms with van der Waals surface area (Å²) in [5, 5.41) is 2.70. The maximum Gasteiger partial charge on any atom is 0.316 e. The zero-order valence-corrected chi connectivity index (χ0v) is 15.7. The smallest absolute Gasteiger partial charge is 0.316 e. The van der Waals surface area contributed by atoms with Crippen LogP contribution in [0.5, 0.6) is 0 Å². The summed E-state index contributed by atoms with van der Waals surface area (Å²) in [5.41, 5.74) is 1.42. The van der Waals surface area contributed by atoms with E-state index in [0.29, 0.717) is 23.4 Å². The van der Waals surface area contributed by atoms with E-state index in [1.165, 1.54) is 13.0 Å². The van der Waals surface area contributed by atoms with Gasteiger partial charge in [0.15, 0.2) is 12.4 Å². The first-order chi connectivity index (χ1) is 13.0. The summed E-state index contributed by atoms with van der Waals surface area (Å²) in [4.78, 5) is 35.0. The van der Waals surface area contributed by atoms with Crippen molar-refractivity contribution in [3.63, 3.8) is 0 Å². The van der Waals surface area contributed by atoms with Gasteiger partial charge in [-0.25, -0.2) is 4.39 Å². The minimum atomic E-state index is -0.580. The van der Waals surface area contributed by atoms with Crippen molar-refractivity contribution in [2.75, 3.05) is 18.9 Å². The highest BCUT2D eigenvalue weighted by molar-refractivity contribution is 8.00. The second-order valence-corrected chi connectivity index (χ2v) is 6.75. The van der Waals surface area contributed by atoms with Crippen LogP contribution in [0.2, 0.25) is 0 Å². The fraction of sp³-hybridized carbons (Fsp3) is 0.250. The van der Waals surface area contributed by atoms with Crippen LogP contribution in [0.25, 0.3) is 0 Å². The molecule has 142 valence electrons. The first-order valence-corrected chi connectivity index (χ1v) is 9.34. The molecule has 0 aliphatic carbocycles. The standard InChI is InChI=1S/C20H20FNO4S/c1-14(23)22-11-10-15-6-8-16(9-7-15)18(24)12-26-20(25)13-27-19-5-3-2-4-17(19)21/h2-9H,10-13H2,1H3,(H,22,23). The first-order valence-electron chi connectivity index (χ1n) is 8.35. The lowest BCUT2D eigenvalue weighted by atomic mass is 10.1. The molecular formula is C20H20FNO4S. The molecule has 5 nitrogen and oxygen atoms in total. The average molecular weight is 389 g/mol. The quantitative estimate of drug-likeness (QED) is 0.405. The van der Waals surface area contributed by atoms with Crippen LogP contribution < -0.4 is 5.32 Å². The number of nitrogens with one attached hydrogen (secondary N) is 1. The van der Waals surface area contributed by atoms with Gasteiger partial charge >= 0.3 is 5.97 Å². The number of hydrogen-bond acceptors (Lipinski definition) is 5. The summed E-state index contributed by atoms with van der Waals surface area (Å²) in [6.45, 7) is 1.62. The van der Waals surface area contributed by atoms with Gasteiger partial charge in [0.2, 0.25) is 5.91 Å². The number of carbonyl (C=O) groups excluding carboxylic acids is 3. The van der Waals surface area contributed by atoms with E-state index in [2.05, 4.69) is 5.32 Å². The van der Waals surface area contributed by atoms with Gasteiger partial charge < -0.3 is 10.1 Å². The van der Waals surface area contributed by atoms with E-state index in [9.17, 15) is 18.8 Å². The largest absolute Gasteiger partial charge is 0.457 e. The van der Waals surface area contributed by atoms with Gasteiger partial charge in [-0.3, -0.25) is 14.4 Å². The van der Waals surface area contributed by atoms with E-state index in [-0.39, 0.29) is 24.1 Å². The van der Waals surface area contributed by atoms with Crippen molar-refractivity contribution in [2.24, 2.45) is 0 Å².